The van der Waals surface area contributed by atoms with Gasteiger partial charge in [-0.3, -0.25) is 0 Å². The van der Waals surface area contributed by atoms with Crippen LogP contribution < -0.4 is 10.6 Å². The molecule has 0 saturated carbocycles. The van der Waals surface area contributed by atoms with Gasteiger partial charge in [-0.25, -0.2) is 9.97 Å². The molecular formula is C17H15N5. The van der Waals surface area contributed by atoms with Gasteiger partial charge >= 0.3 is 0 Å². The molecule has 0 unspecified atom stereocenters. The van der Waals surface area contributed by atoms with Crippen LogP contribution in [-0.4, -0.2) is 28.0 Å². The molecule has 2 aromatic heterocycles. The monoisotopic (exact) mass is 289 g/mol. The molecule has 108 valence electrons. The fraction of sp³-hybridized carbons (Fsp3) is 0.118. The maximum Gasteiger partial charge on any atom is 0.222 e. The molecule has 22 heavy (non-hydrogen) atoms. The van der Waals surface area contributed by atoms with Crippen molar-refractivity contribution in [2.24, 2.45) is 0 Å². The van der Waals surface area contributed by atoms with Gasteiger partial charge in [0.05, 0.1) is 0 Å². The molecule has 0 amide bonds. The smallest absolute Gasteiger partial charge is 0.222 e. The van der Waals surface area contributed by atoms with Crippen molar-refractivity contribution in [3.05, 3.63) is 54.7 Å². The Balaban J connectivity index is 1.95. The molecule has 2 N–H and O–H groups in total. The molecule has 1 aliphatic heterocycles. The first-order valence-electron chi connectivity index (χ1n) is 7.20. The number of fused-ring (bicyclic) bond motifs is 1. The molecule has 3 heterocycles. The van der Waals surface area contributed by atoms with E-state index in [0.29, 0.717) is 5.65 Å². The fourth-order valence-electron chi connectivity index (χ4n) is 2.69. The first-order valence-corrected chi connectivity index (χ1v) is 7.20. The summed E-state index contributed by atoms with van der Waals surface area (Å²) in [7, 11) is 0. The Morgan fingerprint density at radius 1 is 1.00 bits per heavy atom. The Morgan fingerprint density at radius 2 is 1.77 bits per heavy atom. The molecular weight excluding hydrogens is 274 g/mol. The van der Waals surface area contributed by atoms with Crippen molar-refractivity contribution >= 4 is 22.8 Å². The van der Waals surface area contributed by atoms with Crippen LogP contribution in [0.4, 0.5) is 11.8 Å². The SMILES string of the molecule is Nc1ncc2cc(-c3ccccc3)c(N3CC=CC3)nc2n1. The quantitative estimate of drug-likeness (QED) is 0.735. The number of hydrogen-bond acceptors (Lipinski definition) is 5. The minimum atomic E-state index is 0.248. The molecule has 0 spiro atoms. The minimum absolute atomic E-state index is 0.248. The number of pyridine rings is 1. The van der Waals surface area contributed by atoms with E-state index in [4.69, 9.17) is 10.7 Å². The molecule has 1 aromatic carbocycles. The van der Waals surface area contributed by atoms with Crippen LogP contribution in [0, 0.1) is 0 Å². The predicted molar refractivity (Wildman–Crippen MR) is 88.5 cm³/mol. The van der Waals surface area contributed by atoms with Gasteiger partial charge in [0.2, 0.25) is 5.95 Å². The van der Waals surface area contributed by atoms with Crippen molar-refractivity contribution < 1.29 is 0 Å². The van der Waals surface area contributed by atoms with Crippen molar-refractivity contribution in [2.45, 2.75) is 0 Å². The zero-order valence-corrected chi connectivity index (χ0v) is 12.0. The van der Waals surface area contributed by atoms with E-state index in [2.05, 4.69) is 45.2 Å². The van der Waals surface area contributed by atoms with E-state index in [1.807, 2.05) is 18.2 Å². The van der Waals surface area contributed by atoms with Gasteiger partial charge in [0.1, 0.15) is 5.82 Å². The van der Waals surface area contributed by atoms with Gasteiger partial charge in [0.15, 0.2) is 5.65 Å². The number of nitrogens with zero attached hydrogens (tertiary/aromatic N) is 4. The highest BCUT2D eigenvalue weighted by Crippen LogP contribution is 2.32. The molecule has 0 atom stereocenters. The molecule has 0 saturated heterocycles. The van der Waals surface area contributed by atoms with E-state index < -0.39 is 0 Å². The summed E-state index contributed by atoms with van der Waals surface area (Å²) in [6.45, 7) is 1.72. The number of nitrogen functional groups attached to an aromatic ring is 1. The zero-order chi connectivity index (χ0) is 14.9. The van der Waals surface area contributed by atoms with Crippen LogP contribution in [0.2, 0.25) is 0 Å². The topological polar surface area (TPSA) is 67.9 Å². The summed E-state index contributed by atoms with van der Waals surface area (Å²) in [5.74, 6) is 1.18. The van der Waals surface area contributed by atoms with Crippen molar-refractivity contribution in [3.63, 3.8) is 0 Å². The van der Waals surface area contributed by atoms with Crippen LogP contribution in [0.3, 0.4) is 0 Å². The second-order valence-corrected chi connectivity index (χ2v) is 5.24. The van der Waals surface area contributed by atoms with Crippen molar-refractivity contribution in [1.82, 2.24) is 15.0 Å². The maximum atomic E-state index is 5.69. The lowest BCUT2D eigenvalue weighted by atomic mass is 10.0. The minimum Gasteiger partial charge on any atom is -0.368 e. The summed E-state index contributed by atoms with van der Waals surface area (Å²) >= 11 is 0. The Labute approximate surface area is 128 Å². The number of hydrogen-bond donors (Lipinski definition) is 1. The number of benzene rings is 1. The molecule has 4 rings (SSSR count). The highest BCUT2D eigenvalue weighted by Gasteiger charge is 2.17. The van der Waals surface area contributed by atoms with E-state index >= 15 is 0 Å². The van der Waals surface area contributed by atoms with E-state index in [9.17, 15) is 0 Å². The van der Waals surface area contributed by atoms with Gasteiger partial charge in [-0.05, 0) is 11.6 Å². The van der Waals surface area contributed by atoms with E-state index in [1.54, 1.807) is 6.20 Å². The summed E-state index contributed by atoms with van der Waals surface area (Å²) in [6.07, 6.45) is 6.02. The molecule has 3 aromatic rings. The van der Waals surface area contributed by atoms with Crippen LogP contribution >= 0.6 is 0 Å². The van der Waals surface area contributed by atoms with Gasteiger partial charge in [-0.2, -0.15) is 4.98 Å². The van der Waals surface area contributed by atoms with Crippen LogP contribution in [-0.2, 0) is 0 Å². The van der Waals surface area contributed by atoms with Crippen LogP contribution in [0.1, 0.15) is 0 Å². The molecule has 5 heteroatoms. The zero-order valence-electron chi connectivity index (χ0n) is 12.0. The molecule has 5 nitrogen and oxygen atoms in total. The molecule has 0 fully saturated rings. The second kappa shape index (κ2) is 5.11. The van der Waals surface area contributed by atoms with Crippen molar-refractivity contribution in [1.29, 1.82) is 0 Å². The fourth-order valence-corrected chi connectivity index (χ4v) is 2.69. The lowest BCUT2D eigenvalue weighted by molar-refractivity contribution is 0.974. The maximum absolute atomic E-state index is 5.69. The van der Waals surface area contributed by atoms with Gasteiger partial charge in [-0.15, -0.1) is 0 Å². The highest BCUT2D eigenvalue weighted by molar-refractivity contribution is 5.88. The predicted octanol–water partition coefficient (Wildman–Crippen LogP) is 2.65. The highest BCUT2D eigenvalue weighted by atomic mass is 15.2. The third kappa shape index (κ3) is 2.16. The van der Waals surface area contributed by atoms with E-state index in [1.165, 1.54) is 0 Å². The van der Waals surface area contributed by atoms with Crippen LogP contribution in [0.15, 0.2) is 54.7 Å². The summed E-state index contributed by atoms with van der Waals surface area (Å²) < 4.78 is 0. The number of anilines is 2. The average Bonchev–Trinajstić information content (AvgIpc) is 3.09. The molecule has 0 bridgehead atoms. The van der Waals surface area contributed by atoms with Gasteiger partial charge in [-0.1, -0.05) is 42.5 Å². The third-order valence-corrected chi connectivity index (χ3v) is 3.77. The molecule has 0 aliphatic carbocycles. The lowest BCUT2D eigenvalue weighted by Crippen LogP contribution is -2.21. The van der Waals surface area contributed by atoms with Crippen molar-refractivity contribution in [2.75, 3.05) is 23.7 Å². The Kier molecular flexibility index (Phi) is 2.96. The van der Waals surface area contributed by atoms with E-state index in [-0.39, 0.29) is 5.95 Å². The van der Waals surface area contributed by atoms with Gasteiger partial charge < -0.3 is 10.6 Å². The summed E-state index contributed by atoms with van der Waals surface area (Å²) in [6, 6.07) is 12.3. The standard InChI is InChI=1S/C17H15N5/c18-17-19-11-13-10-14(12-6-2-1-3-7-12)16(20-15(13)21-17)22-8-4-5-9-22/h1-7,10-11H,8-9H2,(H2,18,19,20,21). The summed E-state index contributed by atoms with van der Waals surface area (Å²) in [5, 5.41) is 0.893. The van der Waals surface area contributed by atoms with E-state index in [0.717, 1.165) is 35.4 Å². The summed E-state index contributed by atoms with van der Waals surface area (Å²) in [5.41, 5.74) is 8.54. The van der Waals surface area contributed by atoms with Gasteiger partial charge in [0, 0.05) is 30.2 Å². The lowest BCUT2D eigenvalue weighted by Gasteiger charge is -2.20. The van der Waals surface area contributed by atoms with Crippen molar-refractivity contribution in [3.8, 4) is 11.1 Å². The normalized spacial score (nSPS) is 13.9. The summed E-state index contributed by atoms with van der Waals surface area (Å²) in [4.78, 5) is 15.3. The third-order valence-electron chi connectivity index (χ3n) is 3.77. The Morgan fingerprint density at radius 3 is 2.55 bits per heavy atom. The van der Waals surface area contributed by atoms with Crippen LogP contribution in [0.25, 0.3) is 22.2 Å². The molecule has 1 aliphatic rings. The number of nitrogens with two attached hydrogens (primary N) is 1. The van der Waals surface area contributed by atoms with Crippen LogP contribution in [0.5, 0.6) is 0 Å². The first kappa shape index (κ1) is 12.8. The second-order valence-electron chi connectivity index (χ2n) is 5.24. The number of rotatable bonds is 2. The van der Waals surface area contributed by atoms with Gasteiger partial charge in [0.25, 0.3) is 0 Å². The number of aromatic nitrogens is 3. The Bertz CT molecular complexity index is 850. The largest absolute Gasteiger partial charge is 0.368 e. The average molecular weight is 289 g/mol. The molecule has 0 radical (unpaired) electrons. The Hall–Kier alpha value is -2.95. The first-order chi connectivity index (χ1) is 10.8.